The van der Waals surface area contributed by atoms with Crippen LogP contribution in [-0.4, -0.2) is 32.2 Å². The minimum Gasteiger partial charge on any atom is -0.480 e. The first-order chi connectivity index (χ1) is 6.52. The number of carboxylic acid groups (broad SMARTS) is 1. The van der Waals surface area contributed by atoms with Gasteiger partial charge in [-0.1, -0.05) is 5.10 Å². The Bertz CT molecular complexity index is 360. The SMILES string of the molecule is NC(Cc1cn[nH]c1[N+](=O)[O-])C(=O)O. The Morgan fingerprint density at radius 1 is 1.86 bits per heavy atom. The Hall–Kier alpha value is -1.96. The van der Waals surface area contributed by atoms with Crippen molar-refractivity contribution >= 4 is 11.8 Å². The van der Waals surface area contributed by atoms with E-state index >= 15 is 0 Å². The molecule has 1 atom stereocenters. The molecule has 0 aliphatic heterocycles. The van der Waals surface area contributed by atoms with E-state index in [1.807, 2.05) is 0 Å². The van der Waals surface area contributed by atoms with Crippen LogP contribution in [0.2, 0.25) is 0 Å². The van der Waals surface area contributed by atoms with Crippen molar-refractivity contribution in [2.45, 2.75) is 12.5 Å². The van der Waals surface area contributed by atoms with Gasteiger partial charge in [0, 0.05) is 6.42 Å². The summed E-state index contributed by atoms with van der Waals surface area (Å²) in [6.45, 7) is 0. The van der Waals surface area contributed by atoms with E-state index in [1.54, 1.807) is 0 Å². The third-order valence-corrected chi connectivity index (χ3v) is 1.63. The molecule has 0 aliphatic carbocycles. The second kappa shape index (κ2) is 3.83. The third-order valence-electron chi connectivity index (χ3n) is 1.63. The third kappa shape index (κ3) is 2.04. The van der Waals surface area contributed by atoms with E-state index < -0.39 is 16.9 Å². The number of hydrogen-bond donors (Lipinski definition) is 3. The number of nitrogens with two attached hydrogens (primary N) is 1. The average Bonchev–Trinajstić information content (AvgIpc) is 2.52. The van der Waals surface area contributed by atoms with Crippen molar-refractivity contribution < 1.29 is 14.8 Å². The molecular formula is C6H8N4O4. The maximum Gasteiger partial charge on any atom is 0.345 e. The zero-order valence-electron chi connectivity index (χ0n) is 7.01. The van der Waals surface area contributed by atoms with Gasteiger partial charge >= 0.3 is 11.8 Å². The second-order valence-corrected chi connectivity index (χ2v) is 2.65. The van der Waals surface area contributed by atoms with Gasteiger partial charge in [0.05, 0.1) is 11.8 Å². The Kier molecular flexibility index (Phi) is 2.77. The van der Waals surface area contributed by atoms with E-state index in [0.29, 0.717) is 0 Å². The molecule has 0 spiro atoms. The molecule has 4 N–H and O–H groups in total. The number of nitro groups is 1. The molecule has 1 rings (SSSR count). The molecule has 0 bridgehead atoms. The highest BCUT2D eigenvalue weighted by Crippen LogP contribution is 2.14. The standard InChI is InChI=1S/C6H8N4O4/c7-4(6(11)12)1-3-2-8-9-5(3)10(13)14/h2,4H,1,7H2,(H,8,9)(H,11,12). The molecule has 0 aromatic carbocycles. The number of nitrogens with one attached hydrogen (secondary N) is 1. The average molecular weight is 200 g/mol. The molecule has 8 heteroatoms. The number of aliphatic carboxylic acids is 1. The monoisotopic (exact) mass is 200 g/mol. The number of carbonyl (C=O) groups is 1. The molecule has 0 radical (unpaired) electrons. The molecule has 1 heterocycles. The van der Waals surface area contributed by atoms with Gasteiger partial charge in [0.15, 0.2) is 0 Å². The molecule has 0 amide bonds. The molecule has 76 valence electrons. The summed E-state index contributed by atoms with van der Waals surface area (Å²) in [7, 11) is 0. The van der Waals surface area contributed by atoms with Crippen molar-refractivity contribution in [3.8, 4) is 0 Å². The van der Waals surface area contributed by atoms with Crippen molar-refractivity contribution in [3.05, 3.63) is 21.9 Å². The Balaban J connectivity index is 2.81. The van der Waals surface area contributed by atoms with Crippen LogP contribution in [-0.2, 0) is 11.2 Å². The van der Waals surface area contributed by atoms with Crippen molar-refractivity contribution in [2.24, 2.45) is 5.73 Å². The summed E-state index contributed by atoms with van der Waals surface area (Å²) >= 11 is 0. The maximum atomic E-state index is 10.4. The lowest BCUT2D eigenvalue weighted by atomic mass is 10.1. The molecule has 1 aromatic rings. The van der Waals surface area contributed by atoms with Crippen molar-refractivity contribution in [2.75, 3.05) is 0 Å². The predicted octanol–water partition coefficient (Wildman–Crippen LogP) is -0.728. The molecule has 0 fully saturated rings. The molecule has 14 heavy (non-hydrogen) atoms. The number of aromatic nitrogens is 2. The second-order valence-electron chi connectivity index (χ2n) is 2.65. The number of hydrogen-bond acceptors (Lipinski definition) is 5. The molecular weight excluding hydrogens is 192 g/mol. The number of aromatic amines is 1. The number of H-pyrrole nitrogens is 1. The fourth-order valence-corrected chi connectivity index (χ4v) is 0.936. The van der Waals surface area contributed by atoms with Gasteiger partial charge in [-0.15, -0.1) is 5.10 Å². The highest BCUT2D eigenvalue weighted by molar-refractivity contribution is 5.73. The smallest absolute Gasteiger partial charge is 0.345 e. The summed E-state index contributed by atoms with van der Waals surface area (Å²) in [4.78, 5) is 20.1. The van der Waals surface area contributed by atoms with Crippen molar-refractivity contribution in [1.82, 2.24) is 10.2 Å². The maximum absolute atomic E-state index is 10.4. The zero-order valence-corrected chi connectivity index (χ0v) is 7.01. The summed E-state index contributed by atoms with van der Waals surface area (Å²) in [5.74, 6) is -1.53. The number of nitrogens with zero attached hydrogens (tertiary/aromatic N) is 2. The van der Waals surface area contributed by atoms with Gasteiger partial charge in [0.1, 0.15) is 6.04 Å². The van der Waals surface area contributed by atoms with E-state index in [4.69, 9.17) is 10.8 Å². The van der Waals surface area contributed by atoms with E-state index in [1.165, 1.54) is 6.20 Å². The lowest BCUT2D eigenvalue weighted by Gasteiger charge is -2.03. The van der Waals surface area contributed by atoms with Crippen molar-refractivity contribution in [3.63, 3.8) is 0 Å². The highest BCUT2D eigenvalue weighted by Gasteiger charge is 2.20. The van der Waals surface area contributed by atoms with Crippen molar-refractivity contribution in [1.29, 1.82) is 0 Å². The fraction of sp³-hybridized carbons (Fsp3) is 0.333. The van der Waals surface area contributed by atoms with Crippen LogP contribution in [0.15, 0.2) is 6.20 Å². The predicted molar refractivity (Wildman–Crippen MR) is 44.6 cm³/mol. The largest absolute Gasteiger partial charge is 0.480 e. The summed E-state index contributed by atoms with van der Waals surface area (Å²) in [5, 5.41) is 24.5. The van der Waals surface area contributed by atoms with Crippen LogP contribution in [0.5, 0.6) is 0 Å². The topological polar surface area (TPSA) is 135 Å². The van der Waals surface area contributed by atoms with E-state index in [2.05, 4.69) is 10.2 Å². The van der Waals surface area contributed by atoms with E-state index in [9.17, 15) is 14.9 Å². The first kappa shape index (κ1) is 10.1. The molecule has 0 saturated heterocycles. The molecule has 1 unspecified atom stereocenters. The Labute approximate surface area is 77.9 Å². The first-order valence-electron chi connectivity index (χ1n) is 3.67. The summed E-state index contributed by atoms with van der Waals surface area (Å²) in [6, 6.07) is -1.16. The van der Waals surface area contributed by atoms with Crippen LogP contribution in [0.1, 0.15) is 5.56 Å². The highest BCUT2D eigenvalue weighted by atomic mass is 16.6. The van der Waals surface area contributed by atoms with Gasteiger partial charge in [0.25, 0.3) is 0 Å². The van der Waals surface area contributed by atoms with E-state index in [0.717, 1.165) is 0 Å². The molecule has 1 aromatic heterocycles. The van der Waals surface area contributed by atoms with E-state index in [-0.39, 0.29) is 17.8 Å². The Morgan fingerprint density at radius 2 is 2.50 bits per heavy atom. The number of rotatable bonds is 4. The molecule has 8 nitrogen and oxygen atoms in total. The van der Waals surface area contributed by atoms with Gasteiger partial charge in [-0.05, 0) is 4.92 Å². The van der Waals surface area contributed by atoms with Gasteiger partial charge < -0.3 is 21.0 Å². The van der Waals surface area contributed by atoms with Crippen LogP contribution in [0.4, 0.5) is 5.82 Å². The lowest BCUT2D eigenvalue weighted by molar-refractivity contribution is -0.390. The summed E-state index contributed by atoms with van der Waals surface area (Å²) < 4.78 is 0. The lowest BCUT2D eigenvalue weighted by Crippen LogP contribution is -2.32. The van der Waals surface area contributed by atoms with Crippen LogP contribution in [0, 0.1) is 10.1 Å². The van der Waals surface area contributed by atoms with Gasteiger partial charge in [0.2, 0.25) is 0 Å². The van der Waals surface area contributed by atoms with Crippen LogP contribution in [0.3, 0.4) is 0 Å². The molecule has 0 aliphatic rings. The Morgan fingerprint density at radius 3 is 3.00 bits per heavy atom. The van der Waals surface area contributed by atoms with Crippen LogP contribution >= 0.6 is 0 Å². The minimum absolute atomic E-state index is 0.123. The quantitative estimate of drug-likeness (QED) is 0.433. The summed E-state index contributed by atoms with van der Waals surface area (Å²) in [6.07, 6.45) is 1.07. The van der Waals surface area contributed by atoms with Gasteiger partial charge in [-0.3, -0.25) is 4.79 Å². The fourth-order valence-electron chi connectivity index (χ4n) is 0.936. The number of carboxylic acids is 1. The normalized spacial score (nSPS) is 12.4. The zero-order chi connectivity index (χ0) is 10.7. The molecule has 0 saturated carbocycles. The van der Waals surface area contributed by atoms with Crippen LogP contribution in [0.25, 0.3) is 0 Å². The minimum atomic E-state index is -1.21. The van der Waals surface area contributed by atoms with Crippen LogP contribution < -0.4 is 5.73 Å². The summed E-state index contributed by atoms with van der Waals surface area (Å²) in [5.41, 5.74) is 5.40. The first-order valence-corrected chi connectivity index (χ1v) is 3.67. The van der Waals surface area contributed by atoms with Gasteiger partial charge in [-0.25, -0.2) is 0 Å². The van der Waals surface area contributed by atoms with Gasteiger partial charge in [-0.2, -0.15) is 0 Å².